The van der Waals surface area contributed by atoms with Gasteiger partial charge in [0.15, 0.2) is 0 Å². The van der Waals surface area contributed by atoms with Gasteiger partial charge in [-0.25, -0.2) is 5.43 Å². The first-order valence-corrected chi connectivity index (χ1v) is 7.60. The van der Waals surface area contributed by atoms with Crippen LogP contribution < -0.4 is 5.43 Å². The lowest BCUT2D eigenvalue weighted by Gasteiger charge is -2.15. The number of carbonyl (C=O) groups excluding carboxylic acids is 1. The minimum absolute atomic E-state index is 0.0102. The Hall–Kier alpha value is -2.24. The first kappa shape index (κ1) is 14.7. The number of nitrogens with one attached hydrogen (secondary N) is 1. The predicted octanol–water partition coefficient (Wildman–Crippen LogP) is 2.87. The average molecular weight is 301 g/mol. The molecule has 0 saturated heterocycles. The smallest absolute Gasteiger partial charge is 0.270 e. The molecule has 1 N–H and O–H groups in total. The van der Waals surface area contributed by atoms with Crippen LogP contribution in [0.1, 0.15) is 38.2 Å². The van der Waals surface area contributed by atoms with Crippen LogP contribution in [0.3, 0.4) is 0 Å². The van der Waals surface area contributed by atoms with Crippen molar-refractivity contribution < 1.29 is 9.72 Å². The zero-order valence-electron chi connectivity index (χ0n) is 12.5. The number of amides is 1. The molecule has 3 rings (SSSR count). The van der Waals surface area contributed by atoms with Crippen LogP contribution in [0.15, 0.2) is 29.4 Å². The predicted molar refractivity (Wildman–Crippen MR) is 82.4 cm³/mol. The van der Waals surface area contributed by atoms with E-state index < -0.39 is 4.92 Å². The summed E-state index contributed by atoms with van der Waals surface area (Å²) in [5.74, 6) is 0.530. The third-order valence-electron chi connectivity index (χ3n) is 5.08. The highest BCUT2D eigenvalue weighted by Gasteiger charge is 2.64. The first-order valence-electron chi connectivity index (χ1n) is 7.60. The second-order valence-corrected chi connectivity index (χ2v) is 6.42. The molecule has 0 aliphatic heterocycles. The van der Waals surface area contributed by atoms with E-state index >= 15 is 0 Å². The highest BCUT2D eigenvalue weighted by atomic mass is 16.6. The van der Waals surface area contributed by atoms with E-state index in [4.69, 9.17) is 0 Å². The Balaban J connectivity index is 1.60. The van der Waals surface area contributed by atoms with Crippen LogP contribution in [0.4, 0.5) is 5.69 Å². The number of hydrogen-bond donors (Lipinski definition) is 1. The number of nitrogens with zero attached hydrogens (tertiary/aromatic N) is 2. The van der Waals surface area contributed by atoms with Gasteiger partial charge < -0.3 is 0 Å². The standard InChI is InChI=1S/C16H19N3O3/c1-16-8-3-2-7-13(16)14(16)15(20)18-17-10-11-5-4-6-12(9-11)19(21)22/h4-6,9-10,13-14H,2-3,7-8H2,1H3,(H,18,20)/b17-10+/t13-,14-,16+/m1/s1. The molecule has 2 saturated carbocycles. The van der Waals surface area contributed by atoms with Crippen molar-refractivity contribution in [3.63, 3.8) is 0 Å². The number of non-ortho nitro benzene ring substituents is 1. The lowest BCUT2D eigenvalue weighted by atomic mass is 9.90. The molecule has 2 fully saturated rings. The van der Waals surface area contributed by atoms with Crippen molar-refractivity contribution in [1.29, 1.82) is 0 Å². The third-order valence-corrected chi connectivity index (χ3v) is 5.08. The van der Waals surface area contributed by atoms with Gasteiger partial charge >= 0.3 is 0 Å². The zero-order valence-corrected chi connectivity index (χ0v) is 12.5. The largest absolute Gasteiger partial charge is 0.273 e. The summed E-state index contributed by atoms with van der Waals surface area (Å²) >= 11 is 0. The van der Waals surface area contributed by atoms with Gasteiger partial charge in [-0.15, -0.1) is 0 Å². The normalized spacial score (nSPS) is 29.9. The van der Waals surface area contributed by atoms with Crippen LogP contribution in [0.2, 0.25) is 0 Å². The van der Waals surface area contributed by atoms with Crippen molar-refractivity contribution in [1.82, 2.24) is 5.43 Å². The Labute approximate surface area is 128 Å². The molecule has 116 valence electrons. The zero-order chi connectivity index (χ0) is 15.7. The van der Waals surface area contributed by atoms with E-state index in [2.05, 4.69) is 17.5 Å². The maximum absolute atomic E-state index is 12.2. The van der Waals surface area contributed by atoms with Crippen molar-refractivity contribution in [3.8, 4) is 0 Å². The monoisotopic (exact) mass is 301 g/mol. The van der Waals surface area contributed by atoms with Gasteiger partial charge in [0.05, 0.1) is 11.1 Å². The first-order chi connectivity index (χ1) is 10.5. The van der Waals surface area contributed by atoms with E-state index in [-0.39, 0.29) is 22.9 Å². The Bertz CT molecular complexity index is 643. The molecule has 0 bridgehead atoms. The number of hydrazone groups is 1. The van der Waals surface area contributed by atoms with Crippen LogP contribution in [-0.2, 0) is 4.79 Å². The number of rotatable bonds is 4. The highest BCUT2D eigenvalue weighted by Crippen LogP contribution is 2.66. The van der Waals surface area contributed by atoms with Gasteiger partial charge in [0, 0.05) is 23.6 Å². The average Bonchev–Trinajstić information content (AvgIpc) is 3.13. The Morgan fingerprint density at radius 1 is 1.50 bits per heavy atom. The van der Waals surface area contributed by atoms with Gasteiger partial charge in [0.1, 0.15) is 0 Å². The lowest BCUT2D eigenvalue weighted by molar-refractivity contribution is -0.384. The fourth-order valence-electron chi connectivity index (χ4n) is 3.81. The van der Waals surface area contributed by atoms with E-state index in [1.54, 1.807) is 12.1 Å². The number of hydrogen-bond acceptors (Lipinski definition) is 4. The summed E-state index contributed by atoms with van der Waals surface area (Å²) in [4.78, 5) is 22.5. The summed E-state index contributed by atoms with van der Waals surface area (Å²) in [5, 5.41) is 14.6. The van der Waals surface area contributed by atoms with Crippen LogP contribution >= 0.6 is 0 Å². The van der Waals surface area contributed by atoms with E-state index in [9.17, 15) is 14.9 Å². The molecule has 22 heavy (non-hydrogen) atoms. The van der Waals surface area contributed by atoms with E-state index in [0.29, 0.717) is 11.5 Å². The van der Waals surface area contributed by atoms with E-state index in [0.717, 1.165) is 12.8 Å². The third kappa shape index (κ3) is 2.61. The van der Waals surface area contributed by atoms with Crippen molar-refractivity contribution in [2.45, 2.75) is 32.6 Å². The van der Waals surface area contributed by atoms with Gasteiger partial charge in [0.25, 0.3) is 5.69 Å². The molecule has 2 aliphatic carbocycles. The summed E-state index contributed by atoms with van der Waals surface area (Å²) < 4.78 is 0. The lowest BCUT2D eigenvalue weighted by Crippen LogP contribution is -2.22. The number of carbonyl (C=O) groups is 1. The molecular formula is C16H19N3O3. The Morgan fingerprint density at radius 2 is 2.32 bits per heavy atom. The van der Waals surface area contributed by atoms with Crippen LogP contribution in [0, 0.1) is 27.4 Å². The van der Waals surface area contributed by atoms with Crippen molar-refractivity contribution in [2.75, 3.05) is 0 Å². The summed E-state index contributed by atoms with van der Waals surface area (Å²) in [6.45, 7) is 2.19. The maximum Gasteiger partial charge on any atom is 0.270 e. The minimum atomic E-state index is -0.453. The summed E-state index contributed by atoms with van der Waals surface area (Å²) in [7, 11) is 0. The topological polar surface area (TPSA) is 84.6 Å². The second kappa shape index (κ2) is 5.51. The van der Waals surface area contributed by atoms with Crippen LogP contribution in [0.25, 0.3) is 0 Å². The van der Waals surface area contributed by atoms with Crippen molar-refractivity contribution in [3.05, 3.63) is 39.9 Å². The molecule has 3 atom stereocenters. The summed E-state index contributed by atoms with van der Waals surface area (Å²) in [6.07, 6.45) is 6.10. The highest BCUT2D eigenvalue weighted by molar-refractivity contribution is 5.86. The van der Waals surface area contributed by atoms with Gasteiger partial charge in [-0.2, -0.15) is 5.10 Å². The molecule has 0 spiro atoms. The van der Waals surface area contributed by atoms with Gasteiger partial charge in [-0.3, -0.25) is 14.9 Å². The van der Waals surface area contributed by atoms with Gasteiger partial charge in [0.2, 0.25) is 5.91 Å². The number of fused-ring (bicyclic) bond motifs is 1. The molecule has 1 aromatic rings. The van der Waals surface area contributed by atoms with Crippen molar-refractivity contribution in [2.24, 2.45) is 22.4 Å². The molecule has 6 heteroatoms. The van der Waals surface area contributed by atoms with E-state index in [1.807, 2.05) is 0 Å². The Kier molecular flexibility index (Phi) is 3.68. The van der Waals surface area contributed by atoms with Gasteiger partial charge in [-0.1, -0.05) is 31.9 Å². The second-order valence-electron chi connectivity index (χ2n) is 6.42. The van der Waals surface area contributed by atoms with Gasteiger partial charge in [-0.05, 0) is 24.2 Å². The Morgan fingerprint density at radius 3 is 3.00 bits per heavy atom. The summed E-state index contributed by atoms with van der Waals surface area (Å²) in [5.41, 5.74) is 3.34. The van der Waals surface area contributed by atoms with Crippen molar-refractivity contribution >= 4 is 17.8 Å². The number of nitro benzene ring substituents is 1. The molecule has 1 aromatic carbocycles. The quantitative estimate of drug-likeness (QED) is 0.527. The molecular weight excluding hydrogens is 282 g/mol. The number of benzene rings is 1. The fourth-order valence-corrected chi connectivity index (χ4v) is 3.81. The molecule has 2 aliphatic rings. The molecule has 0 heterocycles. The molecule has 0 unspecified atom stereocenters. The molecule has 0 aromatic heterocycles. The summed E-state index contributed by atoms with van der Waals surface area (Å²) in [6, 6.07) is 6.15. The molecule has 6 nitrogen and oxygen atoms in total. The van der Waals surface area contributed by atoms with Crippen LogP contribution in [-0.4, -0.2) is 17.0 Å². The van der Waals surface area contributed by atoms with E-state index in [1.165, 1.54) is 31.2 Å². The fraction of sp³-hybridized carbons (Fsp3) is 0.500. The number of nitro groups is 1. The minimum Gasteiger partial charge on any atom is -0.273 e. The molecule has 1 amide bonds. The SMILES string of the molecule is C[C@]12CCCC[C@@H]1[C@@H]2C(=O)N/N=C/c1cccc([N+](=O)[O-])c1. The van der Waals surface area contributed by atoms with Crippen LogP contribution in [0.5, 0.6) is 0 Å². The maximum atomic E-state index is 12.2. The molecule has 0 radical (unpaired) electrons.